The summed E-state index contributed by atoms with van der Waals surface area (Å²) in [6, 6.07) is 1.54. The lowest BCUT2D eigenvalue weighted by molar-refractivity contribution is -0.102. The number of rotatable bonds is 10. The van der Waals surface area contributed by atoms with Crippen LogP contribution in [0.3, 0.4) is 0 Å². The molecule has 1 saturated heterocycles. The number of hydrogen-bond acceptors (Lipinski definition) is 3. The van der Waals surface area contributed by atoms with Crippen molar-refractivity contribution in [3.63, 3.8) is 0 Å². The minimum absolute atomic E-state index is 0.695. The molecule has 0 radical (unpaired) electrons. The molecule has 142 valence electrons. The average Bonchev–Trinajstić information content (AvgIpc) is 2.47. The molecule has 0 N–H and O–H groups in total. The van der Waals surface area contributed by atoms with Crippen LogP contribution >= 0.6 is 0 Å². The molecule has 2 atom stereocenters. The molecule has 2 aliphatic rings. The van der Waals surface area contributed by atoms with Gasteiger partial charge in [0, 0.05) is 25.2 Å². The monoisotopic (exact) mass is 337 g/mol. The first kappa shape index (κ1) is 20.2. The van der Waals surface area contributed by atoms with Crippen molar-refractivity contribution >= 4 is 0 Å². The summed E-state index contributed by atoms with van der Waals surface area (Å²) in [4.78, 5) is 7.80. The molecule has 2 fully saturated rings. The van der Waals surface area contributed by atoms with Gasteiger partial charge in [0.05, 0.1) is 0 Å². The Morgan fingerprint density at radius 3 is 2.17 bits per heavy atom. The second-order valence-corrected chi connectivity index (χ2v) is 9.47. The average molecular weight is 338 g/mol. The minimum atomic E-state index is 0.695. The van der Waals surface area contributed by atoms with Crippen molar-refractivity contribution in [2.75, 3.05) is 46.8 Å². The van der Waals surface area contributed by atoms with Crippen LogP contribution in [-0.4, -0.2) is 73.6 Å². The van der Waals surface area contributed by atoms with Crippen LogP contribution in [0.1, 0.15) is 60.3 Å². The maximum absolute atomic E-state index is 2.64. The van der Waals surface area contributed by atoms with Crippen molar-refractivity contribution in [1.82, 2.24) is 14.7 Å². The van der Waals surface area contributed by atoms with Crippen molar-refractivity contribution in [2.45, 2.75) is 72.4 Å². The van der Waals surface area contributed by atoms with E-state index in [4.69, 9.17) is 0 Å². The van der Waals surface area contributed by atoms with Gasteiger partial charge in [0.25, 0.3) is 0 Å². The third kappa shape index (κ3) is 4.95. The van der Waals surface area contributed by atoms with Gasteiger partial charge in [0.15, 0.2) is 0 Å². The SMILES string of the molecule is CCN1CC2(CC(N(C)CCC(C)N(C)CCC(C)C(C)C)C2)C1. The molecule has 0 aromatic heterocycles. The highest BCUT2D eigenvalue weighted by atomic mass is 15.2. The van der Waals surface area contributed by atoms with Crippen molar-refractivity contribution in [3.8, 4) is 0 Å². The van der Waals surface area contributed by atoms with E-state index in [1.807, 2.05) is 0 Å². The van der Waals surface area contributed by atoms with E-state index in [1.165, 1.54) is 58.4 Å². The topological polar surface area (TPSA) is 9.72 Å². The molecule has 0 aromatic rings. The van der Waals surface area contributed by atoms with Crippen molar-refractivity contribution < 1.29 is 0 Å². The summed E-state index contributed by atoms with van der Waals surface area (Å²) in [5, 5.41) is 0. The maximum Gasteiger partial charge on any atom is 0.0105 e. The van der Waals surface area contributed by atoms with Gasteiger partial charge in [-0.05, 0) is 83.6 Å². The highest BCUT2D eigenvalue weighted by Gasteiger charge is 2.52. The van der Waals surface area contributed by atoms with Gasteiger partial charge >= 0.3 is 0 Å². The predicted molar refractivity (Wildman–Crippen MR) is 106 cm³/mol. The molecule has 0 amide bonds. The molecule has 1 heterocycles. The molecule has 1 aliphatic heterocycles. The molecule has 0 bridgehead atoms. The highest BCUT2D eigenvalue weighted by molar-refractivity contribution is 5.06. The number of nitrogens with zero attached hydrogens (tertiary/aromatic N) is 3. The molecule has 1 aliphatic carbocycles. The van der Waals surface area contributed by atoms with Crippen LogP contribution in [-0.2, 0) is 0 Å². The van der Waals surface area contributed by atoms with Crippen LogP contribution in [0.4, 0.5) is 0 Å². The van der Waals surface area contributed by atoms with Gasteiger partial charge in [-0.3, -0.25) is 0 Å². The van der Waals surface area contributed by atoms with E-state index >= 15 is 0 Å². The molecule has 2 unspecified atom stereocenters. The standard InChI is InChI=1S/C21H43N3/c1-8-24-15-21(16-24)13-20(14-21)23(7)12-10-19(5)22(6)11-9-18(4)17(2)3/h17-20H,8-16H2,1-7H3. The summed E-state index contributed by atoms with van der Waals surface area (Å²) in [5.41, 5.74) is 0.713. The van der Waals surface area contributed by atoms with Gasteiger partial charge in [0.2, 0.25) is 0 Å². The Kier molecular flexibility index (Phi) is 7.16. The third-order valence-corrected chi connectivity index (χ3v) is 7.25. The zero-order valence-electron chi connectivity index (χ0n) is 17.5. The Labute approximate surface area is 151 Å². The number of hydrogen-bond donors (Lipinski definition) is 0. The molecule has 24 heavy (non-hydrogen) atoms. The third-order valence-electron chi connectivity index (χ3n) is 7.25. The highest BCUT2D eigenvalue weighted by Crippen LogP contribution is 2.49. The lowest BCUT2D eigenvalue weighted by Crippen LogP contribution is -2.66. The molecule has 2 rings (SSSR count). The van der Waals surface area contributed by atoms with Gasteiger partial charge < -0.3 is 14.7 Å². The largest absolute Gasteiger partial charge is 0.304 e. The summed E-state index contributed by atoms with van der Waals surface area (Å²) >= 11 is 0. The number of likely N-dealkylation sites (tertiary alicyclic amines) is 1. The first-order chi connectivity index (χ1) is 11.3. The van der Waals surface area contributed by atoms with Crippen LogP contribution in [0.25, 0.3) is 0 Å². The lowest BCUT2D eigenvalue weighted by atomic mass is 9.60. The maximum atomic E-state index is 2.64. The molecule has 0 aromatic carbocycles. The van der Waals surface area contributed by atoms with Crippen molar-refractivity contribution in [2.24, 2.45) is 17.3 Å². The van der Waals surface area contributed by atoms with Crippen LogP contribution in [0.5, 0.6) is 0 Å². The lowest BCUT2D eigenvalue weighted by Gasteiger charge is -2.61. The van der Waals surface area contributed by atoms with Gasteiger partial charge in [-0.15, -0.1) is 0 Å². The molecule has 1 saturated carbocycles. The first-order valence-corrected chi connectivity index (χ1v) is 10.4. The summed E-state index contributed by atoms with van der Waals surface area (Å²) in [5.74, 6) is 1.64. The van der Waals surface area contributed by atoms with Crippen LogP contribution in [0, 0.1) is 17.3 Å². The fourth-order valence-electron chi connectivity index (χ4n) is 4.39. The fraction of sp³-hybridized carbons (Fsp3) is 1.00. The molecule has 1 spiro atoms. The van der Waals surface area contributed by atoms with E-state index in [2.05, 4.69) is 63.4 Å². The quantitative estimate of drug-likeness (QED) is 0.600. The second-order valence-electron chi connectivity index (χ2n) is 9.47. The fourth-order valence-corrected chi connectivity index (χ4v) is 4.39. The van der Waals surface area contributed by atoms with E-state index in [0.29, 0.717) is 11.5 Å². The van der Waals surface area contributed by atoms with Crippen LogP contribution < -0.4 is 0 Å². The van der Waals surface area contributed by atoms with E-state index in [1.54, 1.807) is 0 Å². The van der Waals surface area contributed by atoms with Gasteiger partial charge in [-0.2, -0.15) is 0 Å². The summed E-state index contributed by atoms with van der Waals surface area (Å²) < 4.78 is 0. The van der Waals surface area contributed by atoms with Gasteiger partial charge in [-0.25, -0.2) is 0 Å². The zero-order valence-corrected chi connectivity index (χ0v) is 17.5. The Morgan fingerprint density at radius 1 is 1.00 bits per heavy atom. The summed E-state index contributed by atoms with van der Waals surface area (Å²) in [6.07, 6.45) is 5.51. The Bertz CT molecular complexity index is 367. The van der Waals surface area contributed by atoms with E-state index in [0.717, 1.165) is 17.9 Å². The first-order valence-electron chi connectivity index (χ1n) is 10.4. The van der Waals surface area contributed by atoms with E-state index < -0.39 is 0 Å². The van der Waals surface area contributed by atoms with Gasteiger partial charge in [0.1, 0.15) is 0 Å². The Balaban J connectivity index is 1.59. The van der Waals surface area contributed by atoms with Crippen molar-refractivity contribution in [3.05, 3.63) is 0 Å². The zero-order chi connectivity index (χ0) is 17.9. The Morgan fingerprint density at radius 2 is 1.62 bits per heavy atom. The smallest absolute Gasteiger partial charge is 0.0105 e. The normalized spacial score (nSPS) is 23.8. The molecular weight excluding hydrogens is 294 g/mol. The van der Waals surface area contributed by atoms with Crippen LogP contribution in [0.15, 0.2) is 0 Å². The summed E-state index contributed by atoms with van der Waals surface area (Å²) in [7, 11) is 4.66. The molecule has 3 nitrogen and oxygen atoms in total. The summed E-state index contributed by atoms with van der Waals surface area (Å²) in [6.45, 7) is 18.2. The molecule has 3 heteroatoms. The minimum Gasteiger partial charge on any atom is -0.304 e. The Hall–Kier alpha value is -0.120. The van der Waals surface area contributed by atoms with E-state index in [9.17, 15) is 0 Å². The predicted octanol–water partition coefficient (Wildman–Crippen LogP) is 3.80. The second kappa shape index (κ2) is 8.51. The van der Waals surface area contributed by atoms with E-state index in [-0.39, 0.29) is 0 Å². The van der Waals surface area contributed by atoms with Crippen molar-refractivity contribution in [1.29, 1.82) is 0 Å². The van der Waals surface area contributed by atoms with Gasteiger partial charge in [-0.1, -0.05) is 27.7 Å². The molecular formula is C21H43N3. The van der Waals surface area contributed by atoms with Crippen LogP contribution in [0.2, 0.25) is 0 Å².